The number of rotatable bonds is 21. The molecular weight excluding hydrogens is 1010 g/mol. The lowest BCUT2D eigenvalue weighted by Gasteiger charge is -2.24. The summed E-state index contributed by atoms with van der Waals surface area (Å²) in [7, 11) is 0. The Hall–Kier alpha value is -9.69. The largest absolute Gasteiger partial charge is 0.489 e. The number of nitrogens with zero attached hydrogens (tertiary/aromatic N) is 1. The summed E-state index contributed by atoms with van der Waals surface area (Å²) in [5.41, 5.74) is 3.03. The van der Waals surface area contributed by atoms with Gasteiger partial charge in [-0.25, -0.2) is 14.4 Å². The molecule has 0 spiro atoms. The molecular formula is C66H60N2O12. The number of hydrogen-bond donors (Lipinski definition) is 1. The van der Waals surface area contributed by atoms with Gasteiger partial charge in [0.2, 0.25) is 5.78 Å². The zero-order valence-corrected chi connectivity index (χ0v) is 44.6. The quantitative estimate of drug-likeness (QED) is 0.0412. The molecule has 0 saturated carbocycles. The van der Waals surface area contributed by atoms with E-state index in [1.54, 1.807) is 57.2 Å². The van der Waals surface area contributed by atoms with Gasteiger partial charge in [0.15, 0.2) is 0 Å². The predicted molar refractivity (Wildman–Crippen MR) is 300 cm³/mol. The summed E-state index contributed by atoms with van der Waals surface area (Å²) in [5.74, 6) is -2.41. The van der Waals surface area contributed by atoms with Gasteiger partial charge in [-0.2, -0.15) is 0 Å². The highest BCUT2D eigenvalue weighted by Gasteiger charge is 2.41. The standard InChI is InChI=1S/C66H60N2O12/c1-66(2,3)80-65(73)68-38-54(67-62(70)50-32-34-52(35-33-50)74-40-45-20-9-4-10-21-45)58(39-68)79-63(71)51-36-56(76-42-47-24-13-6-14-25-47)60(57(37-51)77-43-48-26-15-7-16-27-48)61(69)59-53(64(72)78-44-49-28-17-8-18-29-49)30-19-31-55(59)75-41-46-22-11-5-12-23-46/h4-37,54,58H,38-44H2,1-3H3,(H,67,70). The van der Waals surface area contributed by atoms with Crippen LogP contribution in [0, 0.1) is 0 Å². The Labute approximate surface area is 464 Å². The number of ether oxygens (including phenoxy) is 7. The predicted octanol–water partition coefficient (Wildman–Crippen LogP) is 12.2. The summed E-state index contributed by atoms with van der Waals surface area (Å²) in [6, 6.07) is 59.9. The average Bonchev–Trinajstić information content (AvgIpc) is 4.03. The van der Waals surface area contributed by atoms with Crippen LogP contribution in [0.1, 0.15) is 95.6 Å². The zero-order valence-electron chi connectivity index (χ0n) is 44.6. The third-order valence-corrected chi connectivity index (χ3v) is 12.8. The van der Waals surface area contributed by atoms with Crippen LogP contribution in [-0.2, 0) is 47.2 Å². The number of amides is 2. The van der Waals surface area contributed by atoms with E-state index in [4.69, 9.17) is 33.2 Å². The second kappa shape index (κ2) is 26.1. The molecule has 1 aliphatic rings. The number of hydrogen-bond acceptors (Lipinski definition) is 12. The highest BCUT2D eigenvalue weighted by Crippen LogP contribution is 2.38. The molecule has 1 N–H and O–H groups in total. The number of benzene rings is 8. The molecule has 8 aromatic rings. The van der Waals surface area contributed by atoms with E-state index in [1.165, 1.54) is 23.1 Å². The van der Waals surface area contributed by atoms with Crippen LogP contribution in [0.3, 0.4) is 0 Å². The van der Waals surface area contributed by atoms with Crippen molar-refractivity contribution in [2.24, 2.45) is 0 Å². The maximum atomic E-state index is 15.8. The Bertz CT molecular complexity index is 3330. The van der Waals surface area contributed by atoms with Gasteiger partial charge in [-0.3, -0.25) is 9.59 Å². The molecule has 0 aromatic heterocycles. The van der Waals surface area contributed by atoms with E-state index in [-0.39, 0.29) is 79.0 Å². The van der Waals surface area contributed by atoms with Gasteiger partial charge >= 0.3 is 18.0 Å². The topological polar surface area (TPSA) is 165 Å². The van der Waals surface area contributed by atoms with Gasteiger partial charge in [0.05, 0.1) is 29.3 Å². The molecule has 9 rings (SSSR count). The molecule has 2 unspecified atom stereocenters. The Morgan fingerprint density at radius 3 is 1.43 bits per heavy atom. The molecule has 80 heavy (non-hydrogen) atoms. The fraction of sp³-hybridized carbons (Fsp3) is 0.197. The Kier molecular flexibility index (Phi) is 18.0. The van der Waals surface area contributed by atoms with Crippen LogP contribution in [0.5, 0.6) is 23.0 Å². The van der Waals surface area contributed by atoms with Gasteiger partial charge in [0.1, 0.15) is 73.3 Å². The van der Waals surface area contributed by atoms with Crippen molar-refractivity contribution in [1.82, 2.24) is 10.2 Å². The van der Waals surface area contributed by atoms with Crippen LogP contribution in [0.15, 0.2) is 206 Å². The molecule has 2 atom stereocenters. The van der Waals surface area contributed by atoms with Crippen molar-refractivity contribution in [1.29, 1.82) is 0 Å². The second-order valence-corrected chi connectivity index (χ2v) is 19.9. The molecule has 406 valence electrons. The van der Waals surface area contributed by atoms with E-state index in [9.17, 15) is 19.2 Å². The third-order valence-electron chi connectivity index (χ3n) is 12.8. The lowest BCUT2D eigenvalue weighted by molar-refractivity contribution is 0.0177. The maximum absolute atomic E-state index is 15.8. The zero-order chi connectivity index (χ0) is 55.8. The first-order chi connectivity index (χ1) is 38.8. The number of carbonyl (C=O) groups excluding carboxylic acids is 5. The SMILES string of the molecule is CC(C)(C)OC(=O)N1CC(NC(=O)c2ccc(OCc3ccccc3)cc2)C(OC(=O)c2cc(OCc3ccccc3)c(C(=O)c3c(OCc4ccccc4)cccc3C(=O)OCc3ccccc3)c(OCc3ccccc3)c2)C1. The van der Waals surface area contributed by atoms with Crippen LogP contribution in [-0.4, -0.2) is 65.5 Å². The van der Waals surface area contributed by atoms with Gasteiger partial charge < -0.3 is 43.4 Å². The Balaban J connectivity index is 1.08. The summed E-state index contributed by atoms with van der Waals surface area (Å²) in [6.45, 7) is 5.23. The van der Waals surface area contributed by atoms with E-state index in [0.29, 0.717) is 17.9 Å². The third kappa shape index (κ3) is 14.9. The number of esters is 2. The molecule has 1 heterocycles. The maximum Gasteiger partial charge on any atom is 0.410 e. The molecule has 14 nitrogen and oxygen atoms in total. The summed E-state index contributed by atoms with van der Waals surface area (Å²) >= 11 is 0. The normalized spacial score (nSPS) is 13.8. The van der Waals surface area contributed by atoms with Crippen molar-refractivity contribution in [2.45, 2.75) is 71.6 Å². The smallest absolute Gasteiger partial charge is 0.410 e. The highest BCUT2D eigenvalue weighted by molar-refractivity contribution is 6.19. The minimum Gasteiger partial charge on any atom is -0.489 e. The van der Waals surface area contributed by atoms with Crippen molar-refractivity contribution in [3.8, 4) is 23.0 Å². The van der Waals surface area contributed by atoms with E-state index >= 15 is 4.79 Å². The number of carbonyl (C=O) groups is 5. The van der Waals surface area contributed by atoms with E-state index in [1.807, 2.05) is 152 Å². The van der Waals surface area contributed by atoms with Gasteiger partial charge in [0.25, 0.3) is 5.91 Å². The first-order valence-electron chi connectivity index (χ1n) is 26.2. The van der Waals surface area contributed by atoms with Gasteiger partial charge in [0, 0.05) is 12.1 Å². The lowest BCUT2D eigenvalue weighted by Crippen LogP contribution is -2.44. The van der Waals surface area contributed by atoms with Gasteiger partial charge in [-0.1, -0.05) is 158 Å². The highest BCUT2D eigenvalue weighted by atomic mass is 16.6. The molecule has 0 radical (unpaired) electrons. The van der Waals surface area contributed by atoms with Crippen LogP contribution in [0.25, 0.3) is 0 Å². The molecule has 14 heteroatoms. The number of nitrogens with one attached hydrogen (secondary N) is 1. The minimum atomic E-state index is -1.09. The van der Waals surface area contributed by atoms with Crippen molar-refractivity contribution in [3.05, 3.63) is 262 Å². The molecule has 2 amide bonds. The van der Waals surface area contributed by atoms with E-state index in [0.717, 1.165) is 27.8 Å². The van der Waals surface area contributed by atoms with Crippen molar-refractivity contribution in [3.63, 3.8) is 0 Å². The van der Waals surface area contributed by atoms with Crippen LogP contribution in [0.4, 0.5) is 4.79 Å². The first-order valence-corrected chi connectivity index (χ1v) is 26.2. The molecule has 1 saturated heterocycles. The van der Waals surface area contributed by atoms with Crippen LogP contribution >= 0.6 is 0 Å². The van der Waals surface area contributed by atoms with Crippen molar-refractivity contribution >= 4 is 29.7 Å². The summed E-state index contributed by atoms with van der Waals surface area (Å²) in [6.07, 6.45) is -1.75. The average molecular weight is 1070 g/mol. The van der Waals surface area contributed by atoms with Crippen LogP contribution in [0.2, 0.25) is 0 Å². The Morgan fingerprint density at radius 2 is 0.938 bits per heavy atom. The van der Waals surface area contributed by atoms with E-state index < -0.39 is 47.5 Å². The lowest BCUT2D eigenvalue weighted by atomic mass is 9.94. The van der Waals surface area contributed by atoms with E-state index in [2.05, 4.69) is 5.32 Å². The molecule has 1 aliphatic heterocycles. The fourth-order valence-corrected chi connectivity index (χ4v) is 8.75. The molecule has 0 aliphatic carbocycles. The molecule has 0 bridgehead atoms. The summed E-state index contributed by atoms with van der Waals surface area (Å²) < 4.78 is 43.3. The Morgan fingerprint density at radius 1 is 0.475 bits per heavy atom. The minimum absolute atomic E-state index is 0.0492. The monoisotopic (exact) mass is 1070 g/mol. The van der Waals surface area contributed by atoms with Crippen molar-refractivity contribution < 1.29 is 57.1 Å². The molecule has 1 fully saturated rings. The van der Waals surface area contributed by atoms with Gasteiger partial charge in [-0.05, 0) is 97.1 Å². The van der Waals surface area contributed by atoms with Crippen LogP contribution < -0.4 is 24.3 Å². The number of ketones is 1. The number of likely N-dealkylation sites (tertiary alicyclic amines) is 1. The first kappa shape index (κ1) is 55.1. The fourth-order valence-electron chi connectivity index (χ4n) is 8.75. The second-order valence-electron chi connectivity index (χ2n) is 19.9. The summed E-state index contributed by atoms with van der Waals surface area (Å²) in [4.78, 5) is 73.9. The summed E-state index contributed by atoms with van der Waals surface area (Å²) in [5, 5.41) is 2.98. The van der Waals surface area contributed by atoms with Gasteiger partial charge in [-0.15, -0.1) is 0 Å². The molecule has 8 aromatic carbocycles. The van der Waals surface area contributed by atoms with Crippen molar-refractivity contribution in [2.75, 3.05) is 13.1 Å².